The quantitative estimate of drug-likeness (QED) is 0.566. The Morgan fingerprint density at radius 1 is 0.971 bits per heavy atom. The zero-order chi connectivity index (χ0) is 24.6. The summed E-state index contributed by atoms with van der Waals surface area (Å²) in [5.41, 5.74) is 4.61. The molecule has 1 aliphatic heterocycles. The van der Waals surface area contributed by atoms with Crippen LogP contribution in [-0.2, 0) is 4.79 Å². The molecule has 0 bridgehead atoms. The summed E-state index contributed by atoms with van der Waals surface area (Å²) < 4.78 is 2.15. The van der Waals surface area contributed by atoms with E-state index in [9.17, 15) is 9.59 Å². The van der Waals surface area contributed by atoms with Gasteiger partial charge in [0.15, 0.2) is 0 Å². The van der Waals surface area contributed by atoms with E-state index in [1.807, 2.05) is 76.0 Å². The van der Waals surface area contributed by atoms with Crippen LogP contribution in [0.4, 0.5) is 10.5 Å². The first-order chi connectivity index (χ1) is 16.1. The molecule has 0 saturated carbocycles. The normalized spacial score (nSPS) is 15.0. The van der Waals surface area contributed by atoms with E-state index in [2.05, 4.69) is 47.1 Å². The van der Waals surface area contributed by atoms with E-state index in [4.69, 9.17) is 0 Å². The maximum atomic E-state index is 14.0. The number of aromatic nitrogens is 1. The Hall–Kier alpha value is -3.54. The fourth-order valence-corrected chi connectivity index (χ4v) is 4.43. The van der Waals surface area contributed by atoms with Crippen LogP contribution >= 0.6 is 0 Å². The molecule has 4 rings (SSSR count). The van der Waals surface area contributed by atoms with Crippen molar-refractivity contribution in [3.8, 4) is 5.69 Å². The second-order valence-corrected chi connectivity index (χ2v) is 10.3. The summed E-state index contributed by atoms with van der Waals surface area (Å²) in [5, 5.41) is 3.00. The van der Waals surface area contributed by atoms with Crippen molar-refractivity contribution in [2.45, 2.75) is 59.2 Å². The second-order valence-electron chi connectivity index (χ2n) is 10.3. The van der Waals surface area contributed by atoms with E-state index < -0.39 is 5.54 Å². The van der Waals surface area contributed by atoms with Gasteiger partial charge in [-0.2, -0.15) is 0 Å². The lowest BCUT2D eigenvalue weighted by molar-refractivity contribution is -0.120. The molecule has 0 radical (unpaired) electrons. The van der Waals surface area contributed by atoms with Gasteiger partial charge < -0.3 is 14.8 Å². The van der Waals surface area contributed by atoms with Crippen LogP contribution in [0.2, 0.25) is 0 Å². The van der Waals surface area contributed by atoms with Gasteiger partial charge in [-0.3, -0.25) is 9.69 Å². The lowest BCUT2D eigenvalue weighted by atomic mass is 9.97. The first-order valence-electron chi connectivity index (χ1n) is 11.8. The maximum absolute atomic E-state index is 14.0. The van der Waals surface area contributed by atoms with E-state index in [1.165, 1.54) is 0 Å². The predicted octanol–water partition coefficient (Wildman–Crippen LogP) is 5.44. The summed E-state index contributed by atoms with van der Waals surface area (Å²) >= 11 is 0. The number of carbonyl (C=O) groups excluding carboxylic acids is 2. The summed E-state index contributed by atoms with van der Waals surface area (Å²) in [6, 6.07) is 19.7. The van der Waals surface area contributed by atoms with E-state index in [0.29, 0.717) is 0 Å². The smallest absolute Gasteiger partial charge is 0.318 e. The number of hydrogen-bond donors (Lipinski definition) is 1. The molecule has 1 aromatic heterocycles. The molecule has 3 amide bonds. The highest BCUT2D eigenvalue weighted by Crippen LogP contribution is 2.42. The molecule has 34 heavy (non-hydrogen) atoms. The summed E-state index contributed by atoms with van der Waals surface area (Å²) in [4.78, 5) is 30.5. The van der Waals surface area contributed by atoms with E-state index in [0.717, 1.165) is 28.2 Å². The summed E-state index contributed by atoms with van der Waals surface area (Å²) in [7, 11) is 0. The van der Waals surface area contributed by atoms with Crippen molar-refractivity contribution >= 4 is 17.6 Å². The third-order valence-electron chi connectivity index (χ3n) is 6.05. The number of rotatable bonds is 4. The van der Waals surface area contributed by atoms with E-state index in [1.54, 1.807) is 4.90 Å². The number of para-hydroxylation sites is 2. The third kappa shape index (κ3) is 4.58. The van der Waals surface area contributed by atoms with Crippen molar-refractivity contribution in [2.24, 2.45) is 0 Å². The number of carbonyl (C=O) groups is 2. The Morgan fingerprint density at radius 3 is 2.24 bits per heavy atom. The molecule has 0 spiro atoms. The number of benzene rings is 2. The molecule has 3 aromatic rings. The van der Waals surface area contributed by atoms with Gasteiger partial charge in [-0.25, -0.2) is 4.79 Å². The summed E-state index contributed by atoms with van der Waals surface area (Å²) in [5.74, 6) is -0.122. The number of fused-ring (bicyclic) bond motifs is 3. The fourth-order valence-electron chi connectivity index (χ4n) is 4.43. The van der Waals surface area contributed by atoms with Crippen LogP contribution < -0.4 is 10.2 Å². The SMILES string of the molecule is Cc1ccc(C2c3cccn3-c3ccccc3N2C(=O)CN(C(=O)NC(C)(C)C)C(C)C)cc1. The molecule has 1 unspecified atom stereocenters. The summed E-state index contributed by atoms with van der Waals surface area (Å²) in [6.45, 7) is 11.7. The highest BCUT2D eigenvalue weighted by Gasteiger charge is 2.37. The maximum Gasteiger partial charge on any atom is 0.318 e. The van der Waals surface area contributed by atoms with E-state index >= 15 is 0 Å². The molecule has 6 nitrogen and oxygen atoms in total. The zero-order valence-corrected chi connectivity index (χ0v) is 20.9. The number of hydrogen-bond acceptors (Lipinski definition) is 2. The second kappa shape index (κ2) is 9.01. The number of aryl methyl sites for hydroxylation is 1. The van der Waals surface area contributed by atoms with Crippen molar-refractivity contribution in [3.05, 3.63) is 83.7 Å². The van der Waals surface area contributed by atoms with Crippen molar-refractivity contribution in [1.29, 1.82) is 0 Å². The molecule has 0 saturated heterocycles. The van der Waals surface area contributed by atoms with Gasteiger partial charge in [-0.05, 0) is 71.4 Å². The summed E-state index contributed by atoms with van der Waals surface area (Å²) in [6.07, 6.45) is 2.04. The van der Waals surface area contributed by atoms with Crippen LogP contribution in [-0.4, -0.2) is 39.5 Å². The van der Waals surface area contributed by atoms with Gasteiger partial charge in [0.05, 0.1) is 17.1 Å². The molecule has 178 valence electrons. The van der Waals surface area contributed by atoms with Gasteiger partial charge in [0, 0.05) is 17.8 Å². The van der Waals surface area contributed by atoms with Crippen molar-refractivity contribution in [3.63, 3.8) is 0 Å². The largest absolute Gasteiger partial charge is 0.333 e. The molecule has 1 N–H and O–H groups in total. The molecule has 0 fully saturated rings. The fraction of sp³-hybridized carbons (Fsp3) is 0.357. The van der Waals surface area contributed by atoms with Crippen LogP contribution in [0.5, 0.6) is 0 Å². The van der Waals surface area contributed by atoms with Crippen LogP contribution in [0.1, 0.15) is 57.5 Å². The molecule has 0 aliphatic carbocycles. The minimum atomic E-state index is -0.393. The third-order valence-corrected chi connectivity index (χ3v) is 6.05. The minimum absolute atomic E-state index is 0.0169. The minimum Gasteiger partial charge on any atom is -0.333 e. The van der Waals surface area contributed by atoms with Crippen molar-refractivity contribution in [1.82, 2.24) is 14.8 Å². The lowest BCUT2D eigenvalue weighted by Gasteiger charge is -2.40. The highest BCUT2D eigenvalue weighted by atomic mass is 16.2. The molecular weight excluding hydrogens is 424 g/mol. The average molecular weight is 459 g/mol. The van der Waals surface area contributed by atoms with Gasteiger partial charge in [0.1, 0.15) is 12.6 Å². The number of anilines is 1. The standard InChI is InChI=1S/C28H34N4O2/c1-19(2)31(27(34)29-28(4,5)6)18-25(33)32-23-11-8-7-10-22(23)30-17-9-12-24(30)26(32)21-15-13-20(3)14-16-21/h7-17,19,26H,18H2,1-6H3,(H,29,34). The Kier molecular flexibility index (Phi) is 6.26. The molecule has 1 atom stereocenters. The molecule has 2 aromatic carbocycles. The molecule has 2 heterocycles. The van der Waals surface area contributed by atoms with Crippen molar-refractivity contribution in [2.75, 3.05) is 11.4 Å². The van der Waals surface area contributed by atoms with Crippen LogP contribution in [0.15, 0.2) is 66.9 Å². The number of nitrogens with zero attached hydrogens (tertiary/aromatic N) is 3. The topological polar surface area (TPSA) is 57.6 Å². The Balaban J connectivity index is 1.77. The van der Waals surface area contributed by atoms with Gasteiger partial charge in [-0.1, -0.05) is 42.0 Å². The van der Waals surface area contributed by atoms with Crippen LogP contribution in [0.3, 0.4) is 0 Å². The number of nitrogens with one attached hydrogen (secondary N) is 1. The van der Waals surface area contributed by atoms with Gasteiger partial charge in [0.2, 0.25) is 5.91 Å². The monoisotopic (exact) mass is 458 g/mol. The van der Waals surface area contributed by atoms with Crippen molar-refractivity contribution < 1.29 is 9.59 Å². The lowest BCUT2D eigenvalue weighted by Crippen LogP contribution is -2.54. The Labute approximate surface area is 202 Å². The van der Waals surface area contributed by atoms with Crippen LogP contribution in [0, 0.1) is 6.92 Å². The Morgan fingerprint density at radius 2 is 1.62 bits per heavy atom. The Bertz CT molecular complexity index is 1190. The molecule has 6 heteroatoms. The van der Waals surface area contributed by atoms with Gasteiger partial charge >= 0.3 is 6.03 Å². The zero-order valence-electron chi connectivity index (χ0n) is 20.9. The molecule has 1 aliphatic rings. The van der Waals surface area contributed by atoms with Gasteiger partial charge in [-0.15, -0.1) is 0 Å². The first-order valence-corrected chi connectivity index (χ1v) is 11.8. The molecular formula is C28H34N4O2. The number of amides is 3. The van der Waals surface area contributed by atoms with Crippen LogP contribution in [0.25, 0.3) is 5.69 Å². The predicted molar refractivity (Wildman–Crippen MR) is 136 cm³/mol. The highest BCUT2D eigenvalue weighted by molar-refractivity contribution is 6.00. The average Bonchev–Trinajstić information content (AvgIpc) is 3.25. The van der Waals surface area contributed by atoms with Gasteiger partial charge in [0.25, 0.3) is 0 Å². The van der Waals surface area contributed by atoms with E-state index in [-0.39, 0.29) is 30.6 Å². The first kappa shape index (κ1) is 23.6. The number of urea groups is 1.